The number of nitrogens with zero attached hydrogens (tertiary/aromatic N) is 4. The summed E-state index contributed by atoms with van der Waals surface area (Å²) in [5.41, 5.74) is 4.63. The van der Waals surface area contributed by atoms with E-state index in [0.29, 0.717) is 30.3 Å². The smallest absolute Gasteiger partial charge is 0.257 e. The normalized spacial score (nSPS) is 20.5. The number of hydrogen-bond donors (Lipinski definition) is 2. The van der Waals surface area contributed by atoms with Crippen molar-refractivity contribution in [3.05, 3.63) is 52.9 Å². The van der Waals surface area contributed by atoms with Gasteiger partial charge >= 0.3 is 0 Å². The molecule has 0 bridgehead atoms. The summed E-state index contributed by atoms with van der Waals surface area (Å²) >= 11 is 4.54. The highest BCUT2D eigenvalue weighted by molar-refractivity contribution is 7.77. The number of benzene rings is 1. The highest BCUT2D eigenvalue weighted by atomic mass is 32.1. The third kappa shape index (κ3) is 4.46. The first-order valence-corrected chi connectivity index (χ1v) is 10.9. The molecule has 162 valence electrons. The van der Waals surface area contributed by atoms with Crippen molar-refractivity contribution >= 4 is 18.4 Å². The summed E-state index contributed by atoms with van der Waals surface area (Å²) in [5, 5.41) is 23.0. The minimum absolute atomic E-state index is 0.0428. The van der Waals surface area contributed by atoms with E-state index in [2.05, 4.69) is 35.1 Å². The molecular formula is C23H26N4O3S. The van der Waals surface area contributed by atoms with Gasteiger partial charge in [0.1, 0.15) is 0 Å². The number of fused-ring (bicyclic) bond motifs is 1. The van der Waals surface area contributed by atoms with E-state index in [-0.39, 0.29) is 24.9 Å². The summed E-state index contributed by atoms with van der Waals surface area (Å²) in [6.45, 7) is 4.49. The minimum Gasteiger partial charge on any atom is -0.395 e. The number of ether oxygens (including phenoxy) is 1. The number of aliphatic hydroxyl groups is 1. The Labute approximate surface area is 187 Å². The fourth-order valence-corrected chi connectivity index (χ4v) is 4.58. The number of thiol groups is 1. The zero-order valence-corrected chi connectivity index (χ0v) is 18.5. The van der Waals surface area contributed by atoms with Gasteiger partial charge in [0, 0.05) is 23.7 Å². The second-order valence-electron chi connectivity index (χ2n) is 8.02. The van der Waals surface area contributed by atoms with Gasteiger partial charge in [0.25, 0.3) is 5.89 Å². The van der Waals surface area contributed by atoms with Crippen LogP contribution in [0.1, 0.15) is 49.7 Å². The SMILES string of the molecule is CC(C)OC1CC=C(c2nc(-c3cccc4c3CCC4N(S)CCO)no2)C=C1C#N. The van der Waals surface area contributed by atoms with Gasteiger partial charge in [-0.3, -0.25) is 0 Å². The Morgan fingerprint density at radius 2 is 2.26 bits per heavy atom. The summed E-state index contributed by atoms with van der Waals surface area (Å²) in [4.78, 5) is 4.63. The van der Waals surface area contributed by atoms with Gasteiger partial charge in [0.2, 0.25) is 5.82 Å². The molecule has 2 aliphatic carbocycles. The molecule has 1 N–H and O–H groups in total. The predicted octanol–water partition coefficient (Wildman–Crippen LogP) is 3.89. The van der Waals surface area contributed by atoms with E-state index in [0.717, 1.165) is 24.0 Å². The summed E-state index contributed by atoms with van der Waals surface area (Å²) < 4.78 is 13.3. The Kier molecular flexibility index (Phi) is 6.58. The van der Waals surface area contributed by atoms with Gasteiger partial charge in [0.15, 0.2) is 0 Å². The van der Waals surface area contributed by atoms with Crippen LogP contribution in [-0.2, 0) is 11.2 Å². The molecule has 4 rings (SSSR count). The van der Waals surface area contributed by atoms with Gasteiger partial charge in [-0.1, -0.05) is 42.2 Å². The van der Waals surface area contributed by atoms with Gasteiger partial charge in [0.05, 0.1) is 30.5 Å². The Bertz CT molecular complexity index is 1050. The van der Waals surface area contributed by atoms with Crippen molar-refractivity contribution in [2.75, 3.05) is 13.2 Å². The first-order chi connectivity index (χ1) is 15.0. The van der Waals surface area contributed by atoms with Gasteiger partial charge in [-0.15, -0.1) is 0 Å². The maximum absolute atomic E-state index is 9.52. The van der Waals surface area contributed by atoms with E-state index >= 15 is 0 Å². The molecule has 0 spiro atoms. The fraction of sp³-hybridized carbons (Fsp3) is 0.435. The van der Waals surface area contributed by atoms with Crippen LogP contribution in [0.25, 0.3) is 17.0 Å². The van der Waals surface area contributed by atoms with Gasteiger partial charge < -0.3 is 14.4 Å². The van der Waals surface area contributed by atoms with Crippen molar-refractivity contribution in [1.29, 1.82) is 5.26 Å². The average molecular weight is 439 g/mol. The number of rotatable bonds is 7. The first-order valence-electron chi connectivity index (χ1n) is 10.5. The predicted molar refractivity (Wildman–Crippen MR) is 120 cm³/mol. The largest absolute Gasteiger partial charge is 0.395 e. The molecule has 0 aliphatic heterocycles. The number of aromatic nitrogens is 2. The second-order valence-corrected chi connectivity index (χ2v) is 8.53. The van der Waals surface area contributed by atoms with Crippen molar-refractivity contribution in [2.45, 2.75) is 51.4 Å². The van der Waals surface area contributed by atoms with Crippen LogP contribution in [0.5, 0.6) is 0 Å². The van der Waals surface area contributed by atoms with Crippen LogP contribution >= 0.6 is 12.8 Å². The monoisotopic (exact) mass is 438 g/mol. The Morgan fingerprint density at radius 1 is 1.42 bits per heavy atom. The molecule has 0 saturated heterocycles. The molecule has 1 aromatic heterocycles. The van der Waals surface area contributed by atoms with Crippen LogP contribution in [0, 0.1) is 11.3 Å². The first kappa shape index (κ1) is 21.8. The Morgan fingerprint density at radius 3 is 3.00 bits per heavy atom. The summed E-state index contributed by atoms with van der Waals surface area (Å²) in [5.74, 6) is 0.933. The third-order valence-electron chi connectivity index (χ3n) is 5.62. The number of hydrogen-bond acceptors (Lipinski definition) is 8. The molecule has 0 saturated carbocycles. The molecule has 2 aliphatic rings. The molecule has 31 heavy (non-hydrogen) atoms. The Balaban J connectivity index is 1.59. The molecule has 2 atom stereocenters. The number of allylic oxidation sites excluding steroid dienone is 2. The van der Waals surface area contributed by atoms with Gasteiger partial charge in [-0.2, -0.15) is 10.2 Å². The van der Waals surface area contributed by atoms with Crippen molar-refractivity contribution in [1.82, 2.24) is 14.4 Å². The second kappa shape index (κ2) is 9.37. The third-order valence-corrected chi connectivity index (χ3v) is 6.10. The highest BCUT2D eigenvalue weighted by Crippen LogP contribution is 2.41. The molecule has 0 fully saturated rings. The van der Waals surface area contributed by atoms with Crippen molar-refractivity contribution in [3.8, 4) is 17.5 Å². The van der Waals surface area contributed by atoms with Gasteiger partial charge in [-0.05, 0) is 50.3 Å². The fourth-order valence-electron chi connectivity index (χ4n) is 4.25. The lowest BCUT2D eigenvalue weighted by Gasteiger charge is -2.22. The van der Waals surface area contributed by atoms with Crippen LogP contribution in [-0.4, -0.2) is 44.9 Å². The van der Waals surface area contributed by atoms with Crippen LogP contribution in [0.3, 0.4) is 0 Å². The quantitative estimate of drug-likeness (QED) is 0.633. The van der Waals surface area contributed by atoms with Crippen molar-refractivity contribution < 1.29 is 14.4 Å². The van der Waals surface area contributed by atoms with Crippen molar-refractivity contribution in [2.24, 2.45) is 0 Å². The molecule has 0 radical (unpaired) electrons. The lowest BCUT2D eigenvalue weighted by Crippen LogP contribution is -2.21. The minimum atomic E-state index is -0.242. The molecule has 7 nitrogen and oxygen atoms in total. The number of aliphatic hydroxyl groups excluding tert-OH is 1. The van der Waals surface area contributed by atoms with Crippen LogP contribution < -0.4 is 0 Å². The Hall–Kier alpha value is -2.44. The van der Waals surface area contributed by atoms with Crippen LogP contribution in [0.2, 0.25) is 0 Å². The zero-order chi connectivity index (χ0) is 22.0. The topological polar surface area (TPSA) is 95.4 Å². The lowest BCUT2D eigenvalue weighted by molar-refractivity contribution is 0.0327. The maximum atomic E-state index is 9.52. The van der Waals surface area contributed by atoms with E-state index in [9.17, 15) is 10.4 Å². The average Bonchev–Trinajstić information content (AvgIpc) is 3.41. The van der Waals surface area contributed by atoms with E-state index in [1.165, 1.54) is 11.1 Å². The van der Waals surface area contributed by atoms with E-state index in [1.54, 1.807) is 6.08 Å². The van der Waals surface area contributed by atoms with E-state index in [1.807, 2.05) is 36.4 Å². The zero-order valence-electron chi connectivity index (χ0n) is 17.7. The molecule has 2 unspecified atom stereocenters. The van der Waals surface area contributed by atoms with Gasteiger partial charge in [-0.25, -0.2) is 4.31 Å². The highest BCUT2D eigenvalue weighted by Gasteiger charge is 2.30. The summed E-state index contributed by atoms with van der Waals surface area (Å²) in [7, 11) is 0. The molecule has 8 heteroatoms. The lowest BCUT2D eigenvalue weighted by atomic mass is 9.97. The molecule has 1 aromatic carbocycles. The molecule has 1 heterocycles. The summed E-state index contributed by atoms with van der Waals surface area (Å²) in [6, 6.07) is 8.47. The van der Waals surface area contributed by atoms with Crippen LogP contribution in [0.15, 0.2) is 40.4 Å². The maximum Gasteiger partial charge on any atom is 0.257 e. The van der Waals surface area contributed by atoms with Crippen molar-refractivity contribution in [3.63, 3.8) is 0 Å². The van der Waals surface area contributed by atoms with E-state index < -0.39 is 0 Å². The molecule has 2 aromatic rings. The van der Waals surface area contributed by atoms with Crippen LogP contribution in [0.4, 0.5) is 0 Å². The standard InChI is InChI=1S/C23H26N4O3S/c1-14(2)29-21-9-6-15(12-16(21)13-24)23-25-22(26-30-23)19-5-3-4-18-17(19)7-8-20(18)27(31)10-11-28/h3-6,12,14,20-21,28,31H,7-11H2,1-2H3. The van der Waals surface area contributed by atoms with E-state index in [4.69, 9.17) is 9.26 Å². The summed E-state index contributed by atoms with van der Waals surface area (Å²) in [6.07, 6.45) is 5.96. The molecular weight excluding hydrogens is 412 g/mol. The molecule has 0 amide bonds. The number of nitriles is 1.